The number of allylic oxidation sites excluding steroid dienone is 15. The molecule has 10 heteroatoms. The number of ether oxygens (including phenoxy) is 1. The van der Waals surface area contributed by atoms with Crippen LogP contribution in [-0.4, -0.2) is 74.3 Å². The molecule has 3 atom stereocenters. The van der Waals surface area contributed by atoms with E-state index in [4.69, 9.17) is 13.8 Å². The van der Waals surface area contributed by atoms with Crippen molar-refractivity contribution in [1.82, 2.24) is 5.32 Å². The Hall–Kier alpha value is -3.07. The van der Waals surface area contributed by atoms with Crippen molar-refractivity contribution in [3.8, 4) is 0 Å². The lowest BCUT2D eigenvalue weighted by Gasteiger charge is -2.27. The van der Waals surface area contributed by atoms with Gasteiger partial charge in [-0.3, -0.25) is 18.6 Å². The van der Waals surface area contributed by atoms with E-state index in [-0.39, 0.29) is 31.5 Å². The fraction of sp³-hybridized carbons (Fsp3) is 0.731. The predicted octanol–water partition coefficient (Wildman–Crippen LogP) is 19.6. The topological polar surface area (TPSA) is 111 Å². The molecule has 0 radical (unpaired) electrons. The van der Waals surface area contributed by atoms with Gasteiger partial charge in [-0.2, -0.15) is 0 Å². The molecule has 444 valence electrons. The summed E-state index contributed by atoms with van der Waals surface area (Å²) in [6, 6.07) is -0.874. The maximum absolute atomic E-state index is 13.6. The third kappa shape index (κ3) is 57.4. The number of hydrogen-bond acceptors (Lipinski definition) is 6. The Bertz CT molecular complexity index is 1640. The molecule has 0 saturated heterocycles. The molecule has 0 spiro atoms. The van der Waals surface area contributed by atoms with Gasteiger partial charge >= 0.3 is 13.8 Å². The average molecular weight is 1100 g/mol. The van der Waals surface area contributed by atoms with Crippen LogP contribution in [0.5, 0.6) is 0 Å². The van der Waals surface area contributed by atoms with E-state index < -0.39 is 20.0 Å². The molecule has 0 aromatic rings. The molecule has 0 saturated carbocycles. The van der Waals surface area contributed by atoms with E-state index in [0.717, 1.165) is 116 Å². The Morgan fingerprint density at radius 1 is 0.455 bits per heavy atom. The number of nitrogens with zero attached hydrogens (tertiary/aromatic N) is 1. The number of nitrogens with one attached hydrogen (secondary N) is 1. The molecule has 0 aliphatic rings. The number of unbranched alkanes of at least 4 members (excludes halogenated alkanes) is 26. The first-order valence-corrected chi connectivity index (χ1v) is 33.1. The van der Waals surface area contributed by atoms with Gasteiger partial charge in [0.25, 0.3) is 0 Å². The fourth-order valence-corrected chi connectivity index (χ4v) is 9.31. The standard InChI is InChI=1S/C67H119N2O7P/c1-7-10-13-16-19-22-25-28-30-32-33-34-35-37-38-41-44-47-50-53-56-59-66(70)68-64(63-75-77(72,73)74-62-61-69(4,5)6)65(58-55-52-49-46-43-40-27-24-21-18-15-12-9-3)76-67(71)60-57-54-51-48-45-42-39-36-31-29-26-23-20-17-14-11-8-2/h19-20,22-23,28-31,33-34,37-39,42,55,58,64-65H,7-18,21,24-27,32,35-36,40-41,43-54,56-57,59-63H2,1-6H3,(H-,68,70,72,73)/p+1/b22-19-,23-20-,30-28-,31-29-,34-33-,38-37-,42-39-,58-55-. The van der Waals surface area contributed by atoms with Gasteiger partial charge in [0.1, 0.15) is 19.3 Å². The van der Waals surface area contributed by atoms with Crippen molar-refractivity contribution in [3.63, 3.8) is 0 Å². The molecule has 3 unspecified atom stereocenters. The Morgan fingerprint density at radius 3 is 1.21 bits per heavy atom. The number of rotatable bonds is 56. The number of hydrogen-bond donors (Lipinski definition) is 2. The molecule has 0 aromatic heterocycles. The summed E-state index contributed by atoms with van der Waals surface area (Å²) in [7, 11) is 1.46. The first-order valence-electron chi connectivity index (χ1n) is 31.6. The minimum absolute atomic E-state index is 0.0279. The highest BCUT2D eigenvalue weighted by Crippen LogP contribution is 2.43. The number of carbonyl (C=O) groups is 2. The molecule has 77 heavy (non-hydrogen) atoms. The van der Waals surface area contributed by atoms with Crippen LogP contribution in [0.4, 0.5) is 0 Å². The summed E-state index contributed by atoms with van der Waals surface area (Å²) in [6.45, 7) is 6.92. The van der Waals surface area contributed by atoms with Gasteiger partial charge in [-0.25, -0.2) is 4.57 Å². The lowest BCUT2D eigenvalue weighted by Crippen LogP contribution is -2.47. The van der Waals surface area contributed by atoms with Crippen molar-refractivity contribution >= 4 is 19.7 Å². The van der Waals surface area contributed by atoms with Crippen molar-refractivity contribution in [2.45, 2.75) is 277 Å². The van der Waals surface area contributed by atoms with Gasteiger partial charge in [0.05, 0.1) is 33.8 Å². The van der Waals surface area contributed by atoms with Crippen molar-refractivity contribution in [1.29, 1.82) is 0 Å². The molecule has 9 nitrogen and oxygen atoms in total. The van der Waals surface area contributed by atoms with Gasteiger partial charge in [0.2, 0.25) is 5.91 Å². The molecule has 0 aliphatic carbocycles. The summed E-state index contributed by atoms with van der Waals surface area (Å²) in [5, 5.41) is 3.04. The van der Waals surface area contributed by atoms with Gasteiger partial charge in [0.15, 0.2) is 0 Å². The summed E-state index contributed by atoms with van der Waals surface area (Å²) in [6.07, 6.45) is 75.4. The van der Waals surface area contributed by atoms with Gasteiger partial charge in [-0.15, -0.1) is 0 Å². The lowest BCUT2D eigenvalue weighted by atomic mass is 10.0. The normalized spacial score (nSPS) is 14.3. The summed E-state index contributed by atoms with van der Waals surface area (Å²) >= 11 is 0. The quantitative estimate of drug-likeness (QED) is 0.0205. The van der Waals surface area contributed by atoms with Crippen LogP contribution in [0.2, 0.25) is 0 Å². The molecule has 2 N–H and O–H groups in total. The zero-order valence-corrected chi connectivity index (χ0v) is 51.6. The number of phosphoric ester groups is 1. The van der Waals surface area contributed by atoms with Crippen LogP contribution in [0.15, 0.2) is 97.2 Å². The monoisotopic (exact) mass is 1100 g/mol. The summed E-state index contributed by atoms with van der Waals surface area (Å²) < 4.78 is 30.7. The summed E-state index contributed by atoms with van der Waals surface area (Å²) in [5.41, 5.74) is 0. The smallest absolute Gasteiger partial charge is 0.456 e. The summed E-state index contributed by atoms with van der Waals surface area (Å²) in [4.78, 5) is 37.7. The second kappa shape index (κ2) is 56.2. The molecule has 0 bridgehead atoms. The van der Waals surface area contributed by atoms with Crippen LogP contribution in [-0.2, 0) is 27.9 Å². The SMILES string of the molecule is CCCCC/C=C\C/C=C\C/C=C\C/C=C\CCCCCCCC(=O)NC(COP(=O)(O)OCC[N+](C)(C)C)C(/C=C\CCCCCCCCCCCCC)OC(=O)CCCCCC/C=C\C/C=C\C/C=C\CCCCC. The van der Waals surface area contributed by atoms with Gasteiger partial charge in [0, 0.05) is 12.8 Å². The zero-order valence-electron chi connectivity index (χ0n) is 50.7. The van der Waals surface area contributed by atoms with E-state index in [1.54, 1.807) is 0 Å². The van der Waals surface area contributed by atoms with Gasteiger partial charge < -0.3 is 19.4 Å². The average Bonchev–Trinajstić information content (AvgIpc) is 3.39. The van der Waals surface area contributed by atoms with E-state index >= 15 is 0 Å². The molecule has 0 aromatic carbocycles. The molecule has 0 fully saturated rings. The number of carbonyl (C=O) groups excluding carboxylic acids is 2. The van der Waals surface area contributed by atoms with Crippen molar-refractivity contribution < 1.29 is 37.3 Å². The first-order chi connectivity index (χ1) is 37.4. The number of amides is 1. The molecule has 1 amide bonds. The highest BCUT2D eigenvalue weighted by Gasteiger charge is 2.30. The Morgan fingerprint density at radius 2 is 0.792 bits per heavy atom. The third-order valence-corrected chi connectivity index (χ3v) is 14.5. The lowest BCUT2D eigenvalue weighted by molar-refractivity contribution is -0.870. The number of phosphoric acid groups is 1. The zero-order chi connectivity index (χ0) is 56.4. The van der Waals surface area contributed by atoms with Gasteiger partial charge in [-0.05, 0) is 115 Å². The van der Waals surface area contributed by atoms with Crippen LogP contribution in [0, 0.1) is 0 Å². The minimum atomic E-state index is -4.47. The highest BCUT2D eigenvalue weighted by atomic mass is 31.2. The van der Waals surface area contributed by atoms with Crippen LogP contribution in [0.1, 0.15) is 265 Å². The number of quaternary nitrogens is 1. The van der Waals surface area contributed by atoms with Gasteiger partial charge in [-0.1, -0.05) is 234 Å². The van der Waals surface area contributed by atoms with Crippen molar-refractivity contribution in [2.24, 2.45) is 0 Å². The predicted molar refractivity (Wildman–Crippen MR) is 332 cm³/mol. The van der Waals surface area contributed by atoms with E-state index in [2.05, 4.69) is 111 Å². The Kier molecular flexibility index (Phi) is 54.0. The Labute approximate surface area is 475 Å². The largest absolute Gasteiger partial charge is 0.472 e. The minimum Gasteiger partial charge on any atom is -0.456 e. The summed E-state index contributed by atoms with van der Waals surface area (Å²) in [5.74, 6) is -0.553. The van der Waals surface area contributed by atoms with E-state index in [1.807, 2.05) is 33.3 Å². The second-order valence-corrected chi connectivity index (χ2v) is 23.7. The van der Waals surface area contributed by atoms with E-state index in [9.17, 15) is 19.0 Å². The molecular weight excluding hydrogens is 976 g/mol. The number of esters is 1. The van der Waals surface area contributed by atoms with Crippen LogP contribution < -0.4 is 5.32 Å². The van der Waals surface area contributed by atoms with Crippen molar-refractivity contribution in [3.05, 3.63) is 97.2 Å². The van der Waals surface area contributed by atoms with Crippen LogP contribution >= 0.6 is 7.82 Å². The second-order valence-electron chi connectivity index (χ2n) is 22.2. The molecule has 0 heterocycles. The first kappa shape index (κ1) is 73.9. The highest BCUT2D eigenvalue weighted by molar-refractivity contribution is 7.47. The fourth-order valence-electron chi connectivity index (χ4n) is 8.58. The molecule has 0 aliphatic heterocycles. The van der Waals surface area contributed by atoms with Crippen molar-refractivity contribution in [2.75, 3.05) is 40.9 Å². The number of likely N-dealkylation sites (N-methyl/N-ethyl adjacent to an activating group) is 1. The van der Waals surface area contributed by atoms with Crippen LogP contribution in [0.3, 0.4) is 0 Å². The Balaban J connectivity index is 5.36. The van der Waals surface area contributed by atoms with Crippen LogP contribution in [0.25, 0.3) is 0 Å². The molecule has 0 rings (SSSR count). The van der Waals surface area contributed by atoms with E-state index in [1.165, 1.54) is 109 Å². The maximum atomic E-state index is 13.6. The maximum Gasteiger partial charge on any atom is 0.472 e. The molecular formula is C67H120N2O7P+. The third-order valence-electron chi connectivity index (χ3n) is 13.5. The van der Waals surface area contributed by atoms with E-state index in [0.29, 0.717) is 23.9 Å².